The zero-order chi connectivity index (χ0) is 16.5. The van der Waals surface area contributed by atoms with Gasteiger partial charge in [-0.1, -0.05) is 19.0 Å². The lowest BCUT2D eigenvalue weighted by atomic mass is 10.1. The smallest absolute Gasteiger partial charge is 0.282 e. The van der Waals surface area contributed by atoms with Crippen LogP contribution in [0.15, 0.2) is 28.1 Å². The lowest BCUT2D eigenvalue weighted by Gasteiger charge is -2.07. The van der Waals surface area contributed by atoms with Crippen molar-refractivity contribution in [3.05, 3.63) is 24.4 Å². The number of hydrogen-bond donors (Lipinski definition) is 1. The molecule has 7 nitrogen and oxygen atoms in total. The molecule has 0 saturated heterocycles. The predicted molar refractivity (Wildman–Crippen MR) is 78.5 cm³/mol. The molecule has 0 aliphatic heterocycles. The van der Waals surface area contributed by atoms with Crippen molar-refractivity contribution in [1.29, 1.82) is 0 Å². The number of halogens is 1. The van der Waals surface area contributed by atoms with E-state index in [4.69, 9.17) is 4.52 Å². The quantitative estimate of drug-likeness (QED) is 0.879. The predicted octanol–water partition coefficient (Wildman–Crippen LogP) is 2.53. The van der Waals surface area contributed by atoms with Gasteiger partial charge in [0.25, 0.3) is 10.0 Å². The molecule has 0 bridgehead atoms. The molecule has 2 aromatic rings. The number of alkyl halides is 1. The van der Waals surface area contributed by atoms with Gasteiger partial charge in [0, 0.05) is 18.8 Å². The molecule has 0 spiro atoms. The molecule has 0 atom stereocenters. The molecule has 9 heteroatoms. The molecular weight excluding hydrogens is 311 g/mol. The first kappa shape index (κ1) is 16.5. The number of hydrogen-bond acceptors (Lipinski definition) is 5. The van der Waals surface area contributed by atoms with Crippen LogP contribution in [0.3, 0.4) is 0 Å². The van der Waals surface area contributed by atoms with Gasteiger partial charge in [0.1, 0.15) is 0 Å². The van der Waals surface area contributed by atoms with Gasteiger partial charge in [-0.2, -0.15) is 8.42 Å². The second-order valence-electron chi connectivity index (χ2n) is 5.96. The third-order valence-electron chi connectivity index (χ3n) is 2.80. The van der Waals surface area contributed by atoms with Crippen molar-refractivity contribution >= 4 is 15.8 Å². The number of sulfonamides is 1. The van der Waals surface area contributed by atoms with Crippen LogP contribution < -0.4 is 4.72 Å². The van der Waals surface area contributed by atoms with Crippen molar-refractivity contribution in [2.45, 2.75) is 44.9 Å². The van der Waals surface area contributed by atoms with E-state index in [0.29, 0.717) is 12.5 Å². The number of aromatic nitrogens is 3. The van der Waals surface area contributed by atoms with Crippen LogP contribution in [-0.4, -0.2) is 23.1 Å². The Labute approximate surface area is 128 Å². The van der Waals surface area contributed by atoms with Gasteiger partial charge in [0.2, 0.25) is 0 Å². The summed E-state index contributed by atoms with van der Waals surface area (Å²) >= 11 is 0. The van der Waals surface area contributed by atoms with Crippen LogP contribution >= 0.6 is 0 Å². The lowest BCUT2D eigenvalue weighted by Crippen LogP contribution is -2.14. The van der Waals surface area contributed by atoms with Crippen LogP contribution in [0.5, 0.6) is 0 Å². The Morgan fingerprint density at radius 1 is 1.45 bits per heavy atom. The average molecular weight is 330 g/mol. The van der Waals surface area contributed by atoms with E-state index >= 15 is 0 Å². The van der Waals surface area contributed by atoms with Crippen LogP contribution in [0.1, 0.15) is 33.5 Å². The SMILES string of the molecule is CC(C)Cn1cnc(S(=O)(=O)Nc2cc(C(C)(C)F)on2)c1. The number of anilines is 1. The standard InChI is InChI=1S/C13H19FN4O3S/c1-9(2)6-18-7-12(15-8-18)22(19,20)17-11-5-10(21-16-11)13(3,4)14/h5,7-9H,6H2,1-4H3,(H,16,17). The highest BCUT2D eigenvalue weighted by molar-refractivity contribution is 7.92. The molecule has 0 saturated carbocycles. The van der Waals surface area contributed by atoms with Gasteiger partial charge in [-0.05, 0) is 19.8 Å². The fourth-order valence-electron chi connectivity index (χ4n) is 1.79. The number of nitrogens with one attached hydrogen (secondary N) is 1. The first-order valence-corrected chi connectivity index (χ1v) is 8.27. The highest BCUT2D eigenvalue weighted by Crippen LogP contribution is 2.27. The van der Waals surface area contributed by atoms with Crippen LogP contribution in [-0.2, 0) is 22.2 Å². The minimum atomic E-state index is -3.89. The lowest BCUT2D eigenvalue weighted by molar-refractivity contribution is 0.163. The van der Waals surface area contributed by atoms with E-state index in [1.807, 2.05) is 13.8 Å². The largest absolute Gasteiger partial charge is 0.356 e. The first-order chi connectivity index (χ1) is 10.1. The summed E-state index contributed by atoms with van der Waals surface area (Å²) in [5, 5.41) is 3.38. The minimum Gasteiger partial charge on any atom is -0.356 e. The second-order valence-corrected chi connectivity index (χ2v) is 7.59. The number of imidazole rings is 1. The van der Waals surface area contributed by atoms with Gasteiger partial charge in [-0.15, -0.1) is 0 Å². The summed E-state index contributed by atoms with van der Waals surface area (Å²) in [5.41, 5.74) is -1.74. The van der Waals surface area contributed by atoms with Crippen molar-refractivity contribution in [2.75, 3.05) is 4.72 Å². The molecule has 0 amide bonds. The van der Waals surface area contributed by atoms with Gasteiger partial charge in [-0.3, -0.25) is 4.72 Å². The summed E-state index contributed by atoms with van der Waals surface area (Å²) in [6, 6.07) is 1.21. The van der Waals surface area contributed by atoms with Crippen molar-refractivity contribution in [2.24, 2.45) is 5.92 Å². The molecule has 0 aromatic carbocycles. The topological polar surface area (TPSA) is 90.0 Å². The van der Waals surface area contributed by atoms with Crippen LogP contribution in [0.25, 0.3) is 0 Å². The summed E-state index contributed by atoms with van der Waals surface area (Å²) in [5.74, 6) is 0.220. The van der Waals surface area contributed by atoms with Crippen LogP contribution in [0.4, 0.5) is 10.2 Å². The molecule has 0 fully saturated rings. The normalized spacial score (nSPS) is 12.8. The zero-order valence-corrected chi connectivity index (χ0v) is 13.7. The maximum absolute atomic E-state index is 13.7. The van der Waals surface area contributed by atoms with Crippen LogP contribution in [0, 0.1) is 5.92 Å². The Morgan fingerprint density at radius 2 is 2.14 bits per heavy atom. The van der Waals surface area contributed by atoms with Gasteiger partial charge >= 0.3 is 0 Å². The number of nitrogens with zero attached hydrogens (tertiary/aromatic N) is 3. The van der Waals surface area contributed by atoms with Crippen molar-refractivity contribution in [3.63, 3.8) is 0 Å². The summed E-state index contributed by atoms with van der Waals surface area (Å²) in [6.45, 7) is 7.27. The second kappa shape index (κ2) is 5.71. The minimum absolute atomic E-state index is 0.0597. The van der Waals surface area contributed by atoms with Gasteiger partial charge in [0.15, 0.2) is 22.3 Å². The van der Waals surface area contributed by atoms with E-state index in [1.165, 1.54) is 32.4 Å². The Kier molecular flexibility index (Phi) is 4.28. The number of rotatable bonds is 6. The molecule has 0 aliphatic rings. The highest BCUT2D eigenvalue weighted by atomic mass is 32.2. The fourth-order valence-corrected chi connectivity index (χ4v) is 2.73. The summed E-state index contributed by atoms with van der Waals surface area (Å²) in [6.07, 6.45) is 2.88. The van der Waals surface area contributed by atoms with Crippen LogP contribution in [0.2, 0.25) is 0 Å². The molecule has 1 N–H and O–H groups in total. The molecule has 2 rings (SSSR count). The van der Waals surface area contributed by atoms with E-state index in [2.05, 4.69) is 14.9 Å². The van der Waals surface area contributed by atoms with Gasteiger partial charge in [-0.25, -0.2) is 9.37 Å². The van der Waals surface area contributed by atoms with E-state index < -0.39 is 15.7 Å². The van der Waals surface area contributed by atoms with Crippen molar-refractivity contribution < 1.29 is 17.3 Å². The van der Waals surface area contributed by atoms with Crippen molar-refractivity contribution in [1.82, 2.24) is 14.7 Å². The third-order valence-corrected chi connectivity index (χ3v) is 4.04. The zero-order valence-electron chi connectivity index (χ0n) is 12.9. The fraction of sp³-hybridized carbons (Fsp3) is 0.538. The Balaban J connectivity index is 2.17. The van der Waals surface area contributed by atoms with E-state index in [1.54, 1.807) is 4.57 Å². The third kappa shape index (κ3) is 3.85. The Morgan fingerprint density at radius 3 is 2.68 bits per heavy atom. The van der Waals surface area contributed by atoms with Gasteiger partial charge in [0.05, 0.1) is 6.33 Å². The van der Waals surface area contributed by atoms with Crippen molar-refractivity contribution in [3.8, 4) is 0 Å². The molecule has 2 heterocycles. The molecule has 0 radical (unpaired) electrons. The summed E-state index contributed by atoms with van der Waals surface area (Å²) in [7, 11) is -3.89. The Hall–Kier alpha value is -1.90. The molecule has 122 valence electrons. The Bertz CT molecular complexity index is 743. The maximum atomic E-state index is 13.7. The molecule has 2 aromatic heterocycles. The molecule has 0 unspecified atom stereocenters. The van der Waals surface area contributed by atoms with Gasteiger partial charge < -0.3 is 9.09 Å². The van der Waals surface area contributed by atoms with E-state index in [9.17, 15) is 12.8 Å². The first-order valence-electron chi connectivity index (χ1n) is 6.78. The average Bonchev–Trinajstić information content (AvgIpc) is 2.96. The highest BCUT2D eigenvalue weighted by Gasteiger charge is 2.26. The summed E-state index contributed by atoms with van der Waals surface area (Å²) < 4.78 is 46.8. The molecule has 0 aliphatic carbocycles. The monoisotopic (exact) mass is 330 g/mol. The molecular formula is C13H19FN4O3S. The van der Waals surface area contributed by atoms with E-state index in [-0.39, 0.29) is 16.6 Å². The maximum Gasteiger partial charge on any atom is 0.282 e. The molecule has 22 heavy (non-hydrogen) atoms. The summed E-state index contributed by atoms with van der Waals surface area (Å²) in [4.78, 5) is 3.87. The van der Waals surface area contributed by atoms with E-state index in [0.717, 1.165) is 0 Å².